The number of aryl methyl sites for hydroxylation is 1. The first-order chi connectivity index (χ1) is 20.7. The summed E-state index contributed by atoms with van der Waals surface area (Å²) in [6, 6.07) is 14.4. The van der Waals surface area contributed by atoms with Crippen molar-refractivity contribution < 1.29 is 32.2 Å². The van der Waals surface area contributed by atoms with Crippen LogP contribution in [-0.2, 0) is 9.53 Å². The minimum Gasteiger partial charge on any atom is -0.492 e. The third-order valence-electron chi connectivity index (χ3n) is 7.56. The van der Waals surface area contributed by atoms with Crippen LogP contribution in [0.1, 0.15) is 39.9 Å². The van der Waals surface area contributed by atoms with Crippen molar-refractivity contribution in [3.8, 4) is 5.75 Å². The number of ether oxygens (including phenoxy) is 2. The van der Waals surface area contributed by atoms with Crippen LogP contribution in [0.2, 0.25) is 0 Å². The van der Waals surface area contributed by atoms with Gasteiger partial charge in [-0.3, -0.25) is 14.5 Å². The van der Waals surface area contributed by atoms with E-state index in [1.807, 2.05) is 0 Å². The first-order valence-electron chi connectivity index (χ1n) is 14.3. The number of benzene rings is 3. The summed E-state index contributed by atoms with van der Waals surface area (Å²) in [6.07, 6.45) is 3.64. The summed E-state index contributed by atoms with van der Waals surface area (Å²) in [5.74, 6) is -2.28. The summed E-state index contributed by atoms with van der Waals surface area (Å²) in [7, 11) is 0. The number of halogens is 3. The molecule has 2 fully saturated rings. The van der Waals surface area contributed by atoms with Gasteiger partial charge >= 0.3 is 0 Å². The lowest BCUT2D eigenvalue weighted by molar-refractivity contribution is -0.113. The second kappa shape index (κ2) is 13.8. The number of carbonyl (C=O) groups excluding carboxylic acids is 2. The maximum absolute atomic E-state index is 13.9. The zero-order valence-electron chi connectivity index (χ0n) is 23.9. The summed E-state index contributed by atoms with van der Waals surface area (Å²) in [5.41, 5.74) is 2.61. The molecule has 0 aromatic heterocycles. The lowest BCUT2D eigenvalue weighted by atomic mass is 9.83. The van der Waals surface area contributed by atoms with Crippen LogP contribution in [0.5, 0.6) is 5.75 Å². The quantitative estimate of drug-likeness (QED) is 0.339. The van der Waals surface area contributed by atoms with Crippen molar-refractivity contribution in [1.82, 2.24) is 10.2 Å². The van der Waals surface area contributed by atoms with Crippen LogP contribution >= 0.6 is 0 Å². The fourth-order valence-electron chi connectivity index (χ4n) is 5.20. The lowest BCUT2D eigenvalue weighted by Crippen LogP contribution is -2.39. The number of carbonyl (C=O) groups is 2. The molecule has 1 N–H and O–H groups in total. The number of hydrogen-bond acceptors (Lipinski definition) is 5. The first kappa shape index (κ1) is 30.3. The Kier molecular flexibility index (Phi) is 9.74. The van der Waals surface area contributed by atoms with Gasteiger partial charge in [-0.25, -0.2) is 13.2 Å². The predicted molar refractivity (Wildman–Crippen MR) is 158 cm³/mol. The second-order valence-corrected chi connectivity index (χ2v) is 10.8. The van der Waals surface area contributed by atoms with Crippen LogP contribution in [0.4, 0.5) is 13.2 Å². The van der Waals surface area contributed by atoms with Crippen molar-refractivity contribution in [2.45, 2.75) is 25.8 Å². The first-order valence-corrected chi connectivity index (χ1v) is 14.3. The fraction of sp³-hybridized carbons (Fsp3) is 0.294. The Morgan fingerprint density at radius 1 is 0.907 bits per heavy atom. The molecule has 1 saturated heterocycles. The van der Waals surface area contributed by atoms with Crippen LogP contribution in [0.25, 0.3) is 12.2 Å². The smallest absolute Gasteiger partial charge is 0.251 e. The average Bonchev–Trinajstić information content (AvgIpc) is 3.00. The van der Waals surface area contributed by atoms with Gasteiger partial charge in [0.15, 0.2) is 17.4 Å². The standard InChI is InChI=1S/C34H33F3N2O4/c1-22-16-23(2-8-30(22)35)17-26-20-28(21-27(33(26)40)18-24-3-9-31(36)32(37)19-24)38-34(41)25-4-6-29(7-5-25)43-15-12-39-10-13-42-14-11-39/h2-9,16-19,28H,10-15,20-21H2,1H3,(H,38,41)/b26-17+,27-18+. The Morgan fingerprint density at radius 2 is 1.53 bits per heavy atom. The maximum Gasteiger partial charge on any atom is 0.251 e. The number of morpholine rings is 1. The molecule has 0 bridgehead atoms. The van der Waals surface area contributed by atoms with E-state index in [1.54, 1.807) is 49.4 Å². The highest BCUT2D eigenvalue weighted by Crippen LogP contribution is 2.30. The van der Waals surface area contributed by atoms with Crippen molar-refractivity contribution in [3.63, 3.8) is 0 Å². The topological polar surface area (TPSA) is 67.9 Å². The van der Waals surface area contributed by atoms with Crippen LogP contribution in [0, 0.1) is 24.4 Å². The summed E-state index contributed by atoms with van der Waals surface area (Å²) in [5, 5.41) is 3.01. The van der Waals surface area contributed by atoms with E-state index in [4.69, 9.17) is 9.47 Å². The Morgan fingerprint density at radius 3 is 2.16 bits per heavy atom. The number of Topliss-reactive ketones (excluding diaryl/α,β-unsaturated/α-hetero) is 1. The molecule has 1 unspecified atom stereocenters. The molecule has 43 heavy (non-hydrogen) atoms. The Bertz CT molecular complexity index is 1470. The van der Waals surface area contributed by atoms with E-state index in [9.17, 15) is 22.8 Å². The van der Waals surface area contributed by atoms with Crippen LogP contribution in [0.3, 0.4) is 0 Å². The third-order valence-corrected chi connectivity index (χ3v) is 7.56. The van der Waals surface area contributed by atoms with Crippen molar-refractivity contribution >= 4 is 23.8 Å². The van der Waals surface area contributed by atoms with E-state index in [0.717, 1.165) is 45.0 Å². The van der Waals surface area contributed by atoms with Gasteiger partial charge in [0.1, 0.15) is 18.2 Å². The Hall–Kier alpha value is -4.21. The van der Waals surface area contributed by atoms with Crippen LogP contribution < -0.4 is 10.1 Å². The molecule has 224 valence electrons. The number of nitrogens with one attached hydrogen (secondary N) is 1. The van der Waals surface area contributed by atoms with E-state index < -0.39 is 17.7 Å². The molecule has 2 aliphatic rings. The molecule has 1 aliphatic heterocycles. The monoisotopic (exact) mass is 590 g/mol. The molecule has 3 aromatic carbocycles. The number of hydrogen-bond donors (Lipinski definition) is 1. The molecule has 1 atom stereocenters. The largest absolute Gasteiger partial charge is 0.492 e. The molecule has 5 rings (SSSR count). The fourth-order valence-corrected chi connectivity index (χ4v) is 5.20. The number of rotatable bonds is 8. The van der Waals surface area contributed by atoms with Gasteiger partial charge in [0, 0.05) is 42.4 Å². The molecule has 1 aliphatic carbocycles. The van der Waals surface area contributed by atoms with Gasteiger partial charge in [0.25, 0.3) is 5.91 Å². The van der Waals surface area contributed by atoms with Gasteiger partial charge in [0.05, 0.1) is 13.2 Å². The average molecular weight is 591 g/mol. The zero-order valence-corrected chi connectivity index (χ0v) is 23.9. The maximum atomic E-state index is 13.9. The van der Waals surface area contributed by atoms with Gasteiger partial charge in [-0.05, 0) is 97.1 Å². The van der Waals surface area contributed by atoms with Crippen molar-refractivity contribution in [3.05, 3.63) is 112 Å². The summed E-state index contributed by atoms with van der Waals surface area (Å²) in [4.78, 5) is 28.9. The van der Waals surface area contributed by atoms with Gasteiger partial charge in [-0.2, -0.15) is 0 Å². The lowest BCUT2D eigenvalue weighted by Gasteiger charge is -2.27. The van der Waals surface area contributed by atoms with Crippen molar-refractivity contribution in [2.75, 3.05) is 39.5 Å². The zero-order chi connectivity index (χ0) is 30.3. The highest BCUT2D eigenvalue weighted by molar-refractivity contribution is 6.14. The third kappa shape index (κ3) is 8.00. The molecular weight excluding hydrogens is 557 g/mol. The Balaban J connectivity index is 1.30. The number of ketones is 1. The Labute approximate surface area is 248 Å². The minimum atomic E-state index is -1.02. The molecule has 1 heterocycles. The van der Waals surface area contributed by atoms with Gasteiger partial charge in [0.2, 0.25) is 0 Å². The molecule has 1 amide bonds. The van der Waals surface area contributed by atoms with Gasteiger partial charge in [-0.1, -0.05) is 12.1 Å². The highest BCUT2D eigenvalue weighted by Gasteiger charge is 2.29. The predicted octanol–water partition coefficient (Wildman–Crippen LogP) is 5.75. The number of nitrogens with zero attached hydrogens (tertiary/aromatic N) is 1. The molecule has 0 spiro atoms. The van der Waals surface area contributed by atoms with Crippen molar-refractivity contribution in [1.29, 1.82) is 0 Å². The number of amides is 1. The SMILES string of the molecule is Cc1cc(/C=C2\CC(NC(=O)c3ccc(OCCN4CCOCC4)cc3)C/C(=C\c3ccc(F)c(F)c3)C2=O)ccc1F. The van der Waals surface area contributed by atoms with Crippen LogP contribution in [0.15, 0.2) is 71.8 Å². The van der Waals surface area contributed by atoms with Gasteiger partial charge < -0.3 is 14.8 Å². The molecular formula is C34H33F3N2O4. The van der Waals surface area contributed by atoms with Crippen LogP contribution in [-0.4, -0.2) is 62.1 Å². The second-order valence-electron chi connectivity index (χ2n) is 10.8. The molecule has 0 radical (unpaired) electrons. The molecule has 6 nitrogen and oxygen atoms in total. The minimum absolute atomic E-state index is 0.200. The molecule has 3 aromatic rings. The van der Waals surface area contributed by atoms with E-state index in [2.05, 4.69) is 10.2 Å². The van der Waals surface area contributed by atoms with E-state index in [0.29, 0.717) is 45.8 Å². The summed E-state index contributed by atoms with van der Waals surface area (Å²) >= 11 is 0. The van der Waals surface area contributed by atoms with E-state index in [1.165, 1.54) is 18.2 Å². The molecule has 1 saturated carbocycles. The van der Waals surface area contributed by atoms with E-state index in [-0.39, 0.29) is 30.3 Å². The summed E-state index contributed by atoms with van der Waals surface area (Å²) < 4.78 is 52.4. The van der Waals surface area contributed by atoms with E-state index >= 15 is 0 Å². The normalized spacial score (nSPS) is 19.5. The van der Waals surface area contributed by atoms with Gasteiger partial charge in [-0.15, -0.1) is 0 Å². The van der Waals surface area contributed by atoms with Crippen molar-refractivity contribution in [2.24, 2.45) is 0 Å². The highest BCUT2D eigenvalue weighted by atomic mass is 19.2. The summed E-state index contributed by atoms with van der Waals surface area (Å²) in [6.45, 7) is 6.17. The molecule has 9 heteroatoms.